The number of halogens is 1. The zero-order valence-electron chi connectivity index (χ0n) is 5.65. The lowest BCUT2D eigenvalue weighted by molar-refractivity contribution is 0.517. The minimum absolute atomic E-state index is 0.425. The molecule has 0 aromatic carbocycles. The Morgan fingerprint density at radius 3 is 2.67 bits per heavy atom. The molecule has 1 saturated carbocycles. The summed E-state index contributed by atoms with van der Waals surface area (Å²) >= 11 is 6.00. The average Bonchev–Trinajstić information content (AvgIpc) is 2.18. The number of hydrogen-bond acceptors (Lipinski definition) is 1. The zero-order chi connectivity index (χ0) is 6.69. The predicted octanol–water partition coefficient (Wildman–Crippen LogP) is 1.74. The molecule has 0 radical (unpaired) electrons. The quantitative estimate of drug-likeness (QED) is 0.592. The highest BCUT2D eigenvalue weighted by Crippen LogP contribution is 2.31. The summed E-state index contributed by atoms with van der Waals surface area (Å²) in [6, 6.07) is 0. The summed E-state index contributed by atoms with van der Waals surface area (Å²) in [6.07, 6.45) is 4.92. The van der Waals surface area contributed by atoms with Crippen molar-refractivity contribution in [2.75, 3.05) is 6.54 Å². The molecule has 2 N–H and O–H groups in total. The third-order valence-electron chi connectivity index (χ3n) is 2.10. The fourth-order valence-corrected chi connectivity index (χ4v) is 1.94. The molecule has 0 aromatic heterocycles. The topological polar surface area (TPSA) is 26.0 Å². The Labute approximate surface area is 61.6 Å². The highest BCUT2D eigenvalue weighted by atomic mass is 35.5. The molecule has 0 bridgehead atoms. The molecule has 9 heavy (non-hydrogen) atoms. The number of alkyl halides is 1. The maximum atomic E-state index is 6.00. The third-order valence-corrected chi connectivity index (χ3v) is 2.68. The van der Waals surface area contributed by atoms with Crippen molar-refractivity contribution in [2.24, 2.45) is 11.7 Å². The first kappa shape index (κ1) is 7.36. The maximum absolute atomic E-state index is 6.00. The molecule has 1 nitrogen and oxygen atoms in total. The molecular weight excluding hydrogens is 134 g/mol. The van der Waals surface area contributed by atoms with E-state index in [9.17, 15) is 0 Å². The van der Waals surface area contributed by atoms with Crippen LogP contribution in [0.5, 0.6) is 0 Å². The molecule has 2 atom stereocenters. The van der Waals surface area contributed by atoms with E-state index in [1.807, 2.05) is 0 Å². The molecule has 1 aliphatic rings. The Morgan fingerprint density at radius 1 is 1.44 bits per heavy atom. The molecule has 1 aliphatic carbocycles. The first-order valence-electron chi connectivity index (χ1n) is 3.68. The van der Waals surface area contributed by atoms with Gasteiger partial charge in [-0.05, 0) is 31.7 Å². The van der Waals surface area contributed by atoms with E-state index in [0.29, 0.717) is 5.38 Å². The summed E-state index contributed by atoms with van der Waals surface area (Å²) in [6.45, 7) is 0.799. The normalized spacial score (nSPS) is 35.3. The van der Waals surface area contributed by atoms with Crippen LogP contribution >= 0.6 is 11.6 Å². The lowest BCUT2D eigenvalue weighted by atomic mass is 10.0. The fourth-order valence-electron chi connectivity index (χ4n) is 1.53. The molecule has 0 saturated heterocycles. The molecule has 0 amide bonds. The van der Waals surface area contributed by atoms with Gasteiger partial charge < -0.3 is 5.73 Å². The second-order valence-corrected chi connectivity index (χ2v) is 3.34. The number of hydrogen-bond donors (Lipinski definition) is 1. The Hall–Kier alpha value is 0.250. The van der Waals surface area contributed by atoms with Crippen LogP contribution in [0.1, 0.15) is 25.7 Å². The van der Waals surface area contributed by atoms with Crippen molar-refractivity contribution in [1.29, 1.82) is 0 Å². The van der Waals surface area contributed by atoms with Gasteiger partial charge >= 0.3 is 0 Å². The van der Waals surface area contributed by atoms with Crippen LogP contribution in [-0.2, 0) is 0 Å². The van der Waals surface area contributed by atoms with Crippen molar-refractivity contribution in [2.45, 2.75) is 31.1 Å². The van der Waals surface area contributed by atoms with Crippen molar-refractivity contribution in [3.05, 3.63) is 0 Å². The molecule has 2 unspecified atom stereocenters. The SMILES string of the molecule is NCCC1CCCC1Cl. The molecular formula is C7H14ClN. The minimum Gasteiger partial charge on any atom is -0.330 e. The van der Waals surface area contributed by atoms with Gasteiger partial charge in [-0.1, -0.05) is 6.42 Å². The van der Waals surface area contributed by atoms with Crippen LogP contribution in [-0.4, -0.2) is 11.9 Å². The fraction of sp³-hybridized carbons (Fsp3) is 1.00. The Bertz CT molecular complexity index is 85.0. The standard InChI is InChI=1S/C7H14ClN/c8-7-3-1-2-6(7)4-5-9/h6-7H,1-5,9H2. The second-order valence-electron chi connectivity index (χ2n) is 2.78. The van der Waals surface area contributed by atoms with Crippen LogP contribution < -0.4 is 5.73 Å². The molecule has 0 heterocycles. The van der Waals surface area contributed by atoms with Crippen molar-refractivity contribution in [3.8, 4) is 0 Å². The van der Waals surface area contributed by atoms with Gasteiger partial charge in [-0.25, -0.2) is 0 Å². The summed E-state index contributed by atoms with van der Waals surface area (Å²) in [5.41, 5.74) is 5.41. The van der Waals surface area contributed by atoms with Crippen LogP contribution in [0.2, 0.25) is 0 Å². The highest BCUT2D eigenvalue weighted by molar-refractivity contribution is 6.20. The van der Waals surface area contributed by atoms with Gasteiger partial charge in [0.05, 0.1) is 0 Å². The summed E-state index contributed by atoms with van der Waals surface area (Å²) < 4.78 is 0. The van der Waals surface area contributed by atoms with Gasteiger partial charge in [-0.3, -0.25) is 0 Å². The van der Waals surface area contributed by atoms with Crippen molar-refractivity contribution in [1.82, 2.24) is 0 Å². The van der Waals surface area contributed by atoms with Crippen molar-refractivity contribution >= 4 is 11.6 Å². The van der Waals surface area contributed by atoms with E-state index in [-0.39, 0.29) is 0 Å². The first-order valence-corrected chi connectivity index (χ1v) is 4.12. The highest BCUT2D eigenvalue weighted by Gasteiger charge is 2.23. The van der Waals surface area contributed by atoms with Gasteiger partial charge in [0, 0.05) is 5.38 Å². The largest absolute Gasteiger partial charge is 0.330 e. The molecule has 1 fully saturated rings. The van der Waals surface area contributed by atoms with Crippen LogP contribution in [0, 0.1) is 5.92 Å². The Morgan fingerprint density at radius 2 is 2.22 bits per heavy atom. The van der Waals surface area contributed by atoms with E-state index in [4.69, 9.17) is 17.3 Å². The average molecular weight is 148 g/mol. The lowest BCUT2D eigenvalue weighted by Gasteiger charge is -2.10. The molecule has 0 spiro atoms. The monoisotopic (exact) mass is 147 g/mol. The molecule has 1 rings (SSSR count). The molecule has 54 valence electrons. The van der Waals surface area contributed by atoms with E-state index in [1.54, 1.807) is 0 Å². The van der Waals surface area contributed by atoms with Crippen LogP contribution in [0.15, 0.2) is 0 Å². The minimum atomic E-state index is 0.425. The van der Waals surface area contributed by atoms with E-state index in [0.717, 1.165) is 18.9 Å². The second kappa shape index (κ2) is 3.43. The number of rotatable bonds is 2. The summed E-state index contributed by atoms with van der Waals surface area (Å²) in [4.78, 5) is 0. The maximum Gasteiger partial charge on any atom is 0.0364 e. The van der Waals surface area contributed by atoms with E-state index < -0.39 is 0 Å². The molecule has 0 aliphatic heterocycles. The van der Waals surface area contributed by atoms with E-state index in [2.05, 4.69) is 0 Å². The van der Waals surface area contributed by atoms with Crippen LogP contribution in [0.25, 0.3) is 0 Å². The summed E-state index contributed by atoms with van der Waals surface area (Å²) in [5, 5.41) is 0.425. The van der Waals surface area contributed by atoms with Gasteiger partial charge in [-0.2, -0.15) is 0 Å². The predicted molar refractivity (Wildman–Crippen MR) is 40.7 cm³/mol. The van der Waals surface area contributed by atoms with Crippen molar-refractivity contribution < 1.29 is 0 Å². The third kappa shape index (κ3) is 1.84. The van der Waals surface area contributed by atoms with Gasteiger partial charge in [0.25, 0.3) is 0 Å². The van der Waals surface area contributed by atoms with Crippen LogP contribution in [0.4, 0.5) is 0 Å². The number of nitrogens with two attached hydrogens (primary N) is 1. The zero-order valence-corrected chi connectivity index (χ0v) is 6.40. The van der Waals surface area contributed by atoms with E-state index >= 15 is 0 Å². The first-order chi connectivity index (χ1) is 4.34. The van der Waals surface area contributed by atoms with Gasteiger partial charge in [-0.15, -0.1) is 11.6 Å². The van der Waals surface area contributed by atoms with Crippen molar-refractivity contribution in [3.63, 3.8) is 0 Å². The smallest absolute Gasteiger partial charge is 0.0364 e. The molecule has 2 heteroatoms. The molecule has 0 aromatic rings. The van der Waals surface area contributed by atoms with Crippen LogP contribution in [0.3, 0.4) is 0 Å². The summed E-state index contributed by atoms with van der Waals surface area (Å²) in [5.74, 6) is 0.719. The van der Waals surface area contributed by atoms with Gasteiger partial charge in [0.1, 0.15) is 0 Å². The van der Waals surface area contributed by atoms with Gasteiger partial charge in [0.2, 0.25) is 0 Å². The summed E-state index contributed by atoms with van der Waals surface area (Å²) in [7, 11) is 0. The Balaban J connectivity index is 2.22. The lowest BCUT2D eigenvalue weighted by Crippen LogP contribution is -2.12. The van der Waals surface area contributed by atoms with E-state index in [1.165, 1.54) is 19.3 Å². The Kier molecular flexibility index (Phi) is 2.80. The van der Waals surface area contributed by atoms with Gasteiger partial charge in [0.15, 0.2) is 0 Å².